The molecule has 164 valence electrons. The molecule has 1 saturated heterocycles. The highest BCUT2D eigenvalue weighted by Gasteiger charge is 2.39. The van der Waals surface area contributed by atoms with Crippen molar-refractivity contribution >= 4 is 48.1 Å². The van der Waals surface area contributed by atoms with Gasteiger partial charge in [-0.1, -0.05) is 11.3 Å². The first-order chi connectivity index (χ1) is 14.5. The maximum absolute atomic E-state index is 14.5. The molecule has 4 aromatic rings. The highest BCUT2D eigenvalue weighted by molar-refractivity contribution is 7.30. The third kappa shape index (κ3) is 3.85. The van der Waals surface area contributed by atoms with Gasteiger partial charge < -0.3 is 10.2 Å². The van der Waals surface area contributed by atoms with Gasteiger partial charge in [0.15, 0.2) is 5.82 Å². The van der Waals surface area contributed by atoms with E-state index in [0.717, 1.165) is 38.3 Å². The summed E-state index contributed by atoms with van der Waals surface area (Å²) in [7, 11) is 4.01. The predicted molar refractivity (Wildman–Crippen MR) is 130 cm³/mol. The van der Waals surface area contributed by atoms with Gasteiger partial charge in [0.25, 0.3) is 0 Å². The number of anilines is 1. The Morgan fingerprint density at radius 2 is 1.84 bits per heavy atom. The number of thiophene rings is 1. The molecule has 0 atom stereocenters. The lowest BCUT2D eigenvalue weighted by Gasteiger charge is -2.49. The van der Waals surface area contributed by atoms with Gasteiger partial charge in [-0.25, -0.2) is 9.37 Å². The van der Waals surface area contributed by atoms with Crippen LogP contribution in [0, 0.1) is 5.82 Å². The van der Waals surface area contributed by atoms with Crippen molar-refractivity contribution in [3.8, 4) is 10.6 Å². The van der Waals surface area contributed by atoms with Crippen molar-refractivity contribution in [3.05, 3.63) is 30.2 Å². The molecule has 0 saturated carbocycles. The van der Waals surface area contributed by atoms with E-state index in [1.807, 2.05) is 12.3 Å². The minimum atomic E-state index is -0.303. The van der Waals surface area contributed by atoms with Crippen LogP contribution in [0.4, 0.5) is 9.39 Å². The monoisotopic (exact) mass is 457 g/mol. The number of nitrogens with zero attached hydrogens (tertiary/aromatic N) is 4. The molecule has 0 aliphatic carbocycles. The van der Waals surface area contributed by atoms with Crippen LogP contribution in [-0.2, 0) is 7.05 Å². The molecule has 1 aliphatic heterocycles. The van der Waals surface area contributed by atoms with E-state index >= 15 is 0 Å². The van der Waals surface area contributed by atoms with Crippen LogP contribution in [0.3, 0.4) is 0 Å². The van der Waals surface area contributed by atoms with Crippen molar-refractivity contribution in [1.82, 2.24) is 20.1 Å². The molecule has 0 unspecified atom stereocenters. The summed E-state index contributed by atoms with van der Waals surface area (Å²) in [6.45, 7) is 9.14. The fourth-order valence-corrected chi connectivity index (χ4v) is 7.31. The fourth-order valence-electron chi connectivity index (χ4n) is 5.08. The Bertz CT molecular complexity index is 1230. The second kappa shape index (κ2) is 6.98. The molecule has 3 aromatic heterocycles. The molecule has 1 N–H and O–H groups in total. The van der Waals surface area contributed by atoms with Crippen molar-refractivity contribution in [2.24, 2.45) is 7.05 Å². The Kier molecular flexibility index (Phi) is 4.70. The number of hydrogen-bond acceptors (Lipinski definition) is 6. The first kappa shape index (κ1) is 20.8. The van der Waals surface area contributed by atoms with Gasteiger partial charge in [0, 0.05) is 48.4 Å². The van der Waals surface area contributed by atoms with Crippen molar-refractivity contribution in [2.75, 3.05) is 11.9 Å². The van der Waals surface area contributed by atoms with E-state index in [2.05, 4.69) is 56.1 Å². The van der Waals surface area contributed by atoms with E-state index in [9.17, 15) is 4.39 Å². The normalized spacial score (nSPS) is 18.8. The summed E-state index contributed by atoms with van der Waals surface area (Å²) in [6.07, 6.45) is 4.04. The quantitative estimate of drug-likeness (QED) is 0.423. The Hall–Kier alpha value is -2.03. The van der Waals surface area contributed by atoms with Gasteiger partial charge in [0.05, 0.1) is 9.70 Å². The lowest BCUT2D eigenvalue weighted by molar-refractivity contribution is 0.161. The zero-order valence-electron chi connectivity index (χ0n) is 18.8. The van der Waals surface area contributed by atoms with E-state index in [1.165, 1.54) is 5.00 Å². The van der Waals surface area contributed by atoms with Crippen LogP contribution >= 0.6 is 22.7 Å². The van der Waals surface area contributed by atoms with Gasteiger partial charge in [-0.2, -0.15) is 5.10 Å². The van der Waals surface area contributed by atoms with Crippen LogP contribution in [0.5, 0.6) is 0 Å². The van der Waals surface area contributed by atoms with Crippen LogP contribution in [0.25, 0.3) is 31.0 Å². The number of hydrogen-bond donors (Lipinski definition) is 1. The van der Waals surface area contributed by atoms with E-state index < -0.39 is 0 Å². The Morgan fingerprint density at radius 3 is 2.52 bits per heavy atom. The van der Waals surface area contributed by atoms with Gasteiger partial charge in [-0.3, -0.25) is 4.68 Å². The van der Waals surface area contributed by atoms with Crippen LogP contribution in [0.15, 0.2) is 24.4 Å². The van der Waals surface area contributed by atoms with Crippen LogP contribution in [-0.4, -0.2) is 38.9 Å². The van der Waals surface area contributed by atoms with Crippen LogP contribution < -0.4 is 10.2 Å². The topological polar surface area (TPSA) is 46.0 Å². The van der Waals surface area contributed by atoms with Gasteiger partial charge in [-0.05, 0) is 58.7 Å². The van der Waals surface area contributed by atoms with Crippen molar-refractivity contribution in [2.45, 2.75) is 57.7 Å². The second-order valence-electron chi connectivity index (χ2n) is 10.0. The number of aromatic nitrogens is 3. The molecule has 0 radical (unpaired) electrons. The Balaban J connectivity index is 1.44. The second-order valence-corrected chi connectivity index (χ2v) is 12.1. The maximum atomic E-state index is 14.5. The largest absolute Gasteiger partial charge is 0.363 e. The Labute approximate surface area is 189 Å². The van der Waals surface area contributed by atoms with Gasteiger partial charge in [-0.15, -0.1) is 11.3 Å². The van der Waals surface area contributed by atoms with Crippen LogP contribution in [0.2, 0.25) is 0 Å². The minimum absolute atomic E-state index is 0.107. The number of benzene rings is 1. The average molecular weight is 458 g/mol. The third-order valence-electron chi connectivity index (χ3n) is 6.06. The molecule has 5 rings (SSSR count). The highest BCUT2D eigenvalue weighted by atomic mass is 32.1. The minimum Gasteiger partial charge on any atom is -0.363 e. The zero-order chi connectivity index (χ0) is 22.1. The fraction of sp³-hybridized carbons (Fsp3) is 0.478. The van der Waals surface area contributed by atoms with E-state index in [-0.39, 0.29) is 16.9 Å². The molecule has 4 heterocycles. The molecule has 31 heavy (non-hydrogen) atoms. The number of fused-ring (bicyclic) bond motifs is 2. The lowest BCUT2D eigenvalue weighted by Crippen LogP contribution is -2.61. The average Bonchev–Trinajstić information content (AvgIpc) is 3.30. The van der Waals surface area contributed by atoms with Gasteiger partial charge >= 0.3 is 0 Å². The number of piperidine rings is 1. The lowest BCUT2D eigenvalue weighted by atomic mass is 9.79. The standard InChI is InChI=1S/C23H28FN5S2/c1-22(2)10-15(11-23(3,4)27-22)29(6)18-9-17-21(31-18)25-20(30-17)13-7-14-12-28(5)26-19(14)16(24)8-13/h7-9,12,15,27H,10-11H2,1-6H3. The predicted octanol–water partition coefficient (Wildman–Crippen LogP) is 5.80. The maximum Gasteiger partial charge on any atom is 0.152 e. The van der Waals surface area contributed by atoms with E-state index in [1.54, 1.807) is 40.5 Å². The molecular weight excluding hydrogens is 429 g/mol. The SMILES string of the molecule is CN(c1cc2sc(-c3cc(F)c4nn(C)cc4c3)nc2s1)C1CC(C)(C)NC(C)(C)C1. The number of aryl methyl sites for hydroxylation is 1. The molecule has 0 bridgehead atoms. The molecule has 0 amide bonds. The van der Waals surface area contributed by atoms with Crippen molar-refractivity contribution in [1.29, 1.82) is 0 Å². The summed E-state index contributed by atoms with van der Waals surface area (Å²) in [5.74, 6) is -0.303. The zero-order valence-corrected chi connectivity index (χ0v) is 20.4. The molecule has 1 aliphatic rings. The third-order valence-corrected chi connectivity index (χ3v) is 8.36. The number of halogens is 1. The summed E-state index contributed by atoms with van der Waals surface area (Å²) in [6, 6.07) is 6.23. The number of thiazole rings is 1. The smallest absolute Gasteiger partial charge is 0.152 e. The van der Waals surface area contributed by atoms with E-state index in [0.29, 0.717) is 11.6 Å². The van der Waals surface area contributed by atoms with Gasteiger partial charge in [0.2, 0.25) is 0 Å². The Morgan fingerprint density at radius 1 is 1.13 bits per heavy atom. The number of rotatable bonds is 3. The molecule has 8 heteroatoms. The summed E-state index contributed by atoms with van der Waals surface area (Å²) >= 11 is 3.35. The molecule has 1 fully saturated rings. The molecular formula is C23H28FN5S2. The first-order valence-corrected chi connectivity index (χ1v) is 12.2. The van der Waals surface area contributed by atoms with E-state index in [4.69, 9.17) is 4.98 Å². The van der Waals surface area contributed by atoms with Crippen molar-refractivity contribution < 1.29 is 4.39 Å². The summed E-state index contributed by atoms with van der Waals surface area (Å²) in [5.41, 5.74) is 1.43. The first-order valence-electron chi connectivity index (χ1n) is 10.6. The summed E-state index contributed by atoms with van der Waals surface area (Å²) in [4.78, 5) is 8.28. The summed E-state index contributed by atoms with van der Waals surface area (Å²) < 4.78 is 17.3. The van der Waals surface area contributed by atoms with Crippen molar-refractivity contribution in [3.63, 3.8) is 0 Å². The molecule has 1 aromatic carbocycles. The summed E-state index contributed by atoms with van der Waals surface area (Å²) in [5, 5.41) is 10.8. The molecule has 5 nitrogen and oxygen atoms in total. The number of nitrogens with one attached hydrogen (secondary N) is 1. The highest BCUT2D eigenvalue weighted by Crippen LogP contribution is 2.42. The van der Waals surface area contributed by atoms with Gasteiger partial charge in [0.1, 0.15) is 15.4 Å². The molecule has 0 spiro atoms. The van der Waals surface area contributed by atoms with Crippen LogP contribution in [0.1, 0.15) is 40.5 Å².